The van der Waals surface area contributed by atoms with Crippen molar-refractivity contribution >= 4 is 17.3 Å². The average molecular weight is 310 g/mol. The number of halogens is 5. The van der Waals surface area contributed by atoms with Gasteiger partial charge in [-0.2, -0.15) is 13.2 Å². The number of hydrogen-bond acceptors (Lipinski definition) is 1. The lowest BCUT2D eigenvalue weighted by atomic mass is 10.1. The molecule has 1 saturated heterocycles. The second kappa shape index (κ2) is 6.20. The average Bonchev–Trinajstić information content (AvgIpc) is 2.62. The predicted molar refractivity (Wildman–Crippen MR) is 71.7 cm³/mol. The minimum Gasteiger partial charge on any atom is -0.365 e. The van der Waals surface area contributed by atoms with E-state index in [0.717, 1.165) is 31.7 Å². The van der Waals surface area contributed by atoms with Crippen LogP contribution in [-0.4, -0.2) is 18.5 Å². The molecule has 0 N–H and O–H groups in total. The van der Waals surface area contributed by atoms with Crippen molar-refractivity contribution in [2.45, 2.75) is 37.9 Å². The first-order chi connectivity index (χ1) is 9.43. The Labute approximate surface area is 120 Å². The number of alkyl halides is 4. The first-order valence-electron chi connectivity index (χ1n) is 6.63. The molecule has 6 heteroatoms. The quantitative estimate of drug-likeness (QED) is 0.558. The van der Waals surface area contributed by atoms with Crippen molar-refractivity contribution in [3.63, 3.8) is 0 Å². The van der Waals surface area contributed by atoms with Gasteiger partial charge in [0, 0.05) is 18.5 Å². The molecule has 1 unspecified atom stereocenters. The number of nitrogens with zero attached hydrogens (tertiary/aromatic N) is 1. The van der Waals surface area contributed by atoms with Crippen molar-refractivity contribution < 1.29 is 17.6 Å². The van der Waals surface area contributed by atoms with Gasteiger partial charge in [0.1, 0.15) is 5.82 Å². The van der Waals surface area contributed by atoms with Crippen LogP contribution in [0.15, 0.2) is 18.2 Å². The highest BCUT2D eigenvalue weighted by Gasteiger charge is 2.32. The van der Waals surface area contributed by atoms with Crippen LogP contribution in [-0.2, 0) is 6.18 Å². The first kappa shape index (κ1) is 15.4. The van der Waals surface area contributed by atoms with Gasteiger partial charge in [-0.25, -0.2) is 4.39 Å². The first-order valence-corrected chi connectivity index (χ1v) is 7.16. The molecule has 1 nitrogen and oxygen atoms in total. The fraction of sp³-hybridized carbons (Fsp3) is 0.571. The van der Waals surface area contributed by atoms with Gasteiger partial charge in [0.25, 0.3) is 0 Å². The van der Waals surface area contributed by atoms with Crippen molar-refractivity contribution in [2.75, 3.05) is 17.3 Å². The van der Waals surface area contributed by atoms with E-state index >= 15 is 0 Å². The lowest BCUT2D eigenvalue weighted by Crippen LogP contribution is -2.36. The molecular weight excluding hydrogens is 294 g/mol. The third kappa shape index (κ3) is 3.37. The van der Waals surface area contributed by atoms with Gasteiger partial charge in [-0.3, -0.25) is 0 Å². The molecule has 0 radical (unpaired) electrons. The third-order valence-electron chi connectivity index (χ3n) is 3.64. The molecule has 1 aromatic carbocycles. The van der Waals surface area contributed by atoms with Gasteiger partial charge in [-0.05, 0) is 31.0 Å². The van der Waals surface area contributed by atoms with E-state index < -0.39 is 17.6 Å². The number of rotatable bonds is 2. The zero-order valence-corrected chi connectivity index (χ0v) is 11.6. The zero-order valence-electron chi connectivity index (χ0n) is 10.9. The number of hydrogen-bond donors (Lipinski definition) is 0. The minimum absolute atomic E-state index is 0.0228. The summed E-state index contributed by atoms with van der Waals surface area (Å²) in [5, 5.41) is 0. The van der Waals surface area contributed by atoms with E-state index in [1.54, 1.807) is 4.90 Å². The molecule has 1 atom stereocenters. The fourth-order valence-corrected chi connectivity index (χ4v) is 2.89. The molecule has 20 heavy (non-hydrogen) atoms. The Balaban J connectivity index is 2.31. The van der Waals surface area contributed by atoms with Crippen LogP contribution in [0.4, 0.5) is 23.2 Å². The minimum atomic E-state index is -4.52. The van der Waals surface area contributed by atoms with E-state index in [9.17, 15) is 17.6 Å². The van der Waals surface area contributed by atoms with Crippen LogP contribution in [0.2, 0.25) is 0 Å². The highest BCUT2D eigenvalue weighted by atomic mass is 35.5. The monoisotopic (exact) mass is 309 g/mol. The van der Waals surface area contributed by atoms with Crippen molar-refractivity contribution in [1.29, 1.82) is 0 Å². The summed E-state index contributed by atoms with van der Waals surface area (Å²) in [5.41, 5.74) is -0.749. The zero-order chi connectivity index (χ0) is 14.8. The standard InChI is InChI=1S/C14H16ClF4N/c15-9-11-4-2-1-3-7-20(11)13-6-5-10(8-12(13)16)14(17,18)19/h5-6,8,11H,1-4,7,9H2. The molecule has 1 aliphatic heterocycles. The van der Waals surface area contributed by atoms with Crippen LogP contribution in [0.5, 0.6) is 0 Å². The Hall–Kier alpha value is -0.970. The van der Waals surface area contributed by atoms with Crippen molar-refractivity contribution in [3.05, 3.63) is 29.6 Å². The Morgan fingerprint density at radius 1 is 1.20 bits per heavy atom. The molecule has 0 aromatic heterocycles. The summed E-state index contributed by atoms with van der Waals surface area (Å²) < 4.78 is 51.7. The molecule has 1 heterocycles. The van der Waals surface area contributed by atoms with E-state index in [0.29, 0.717) is 18.5 Å². The lowest BCUT2D eigenvalue weighted by Gasteiger charge is -2.31. The molecule has 0 spiro atoms. The van der Waals surface area contributed by atoms with Crippen LogP contribution in [0.1, 0.15) is 31.2 Å². The van der Waals surface area contributed by atoms with Gasteiger partial charge in [-0.1, -0.05) is 12.8 Å². The third-order valence-corrected chi connectivity index (χ3v) is 4.00. The summed E-state index contributed by atoms with van der Waals surface area (Å²) in [6.45, 7) is 0.625. The largest absolute Gasteiger partial charge is 0.416 e. The Bertz CT molecular complexity index is 461. The molecular formula is C14H16ClF4N. The summed E-state index contributed by atoms with van der Waals surface area (Å²) in [7, 11) is 0. The normalized spacial score (nSPS) is 20.9. The van der Waals surface area contributed by atoms with E-state index in [1.807, 2.05) is 0 Å². The van der Waals surface area contributed by atoms with Crippen LogP contribution < -0.4 is 4.90 Å². The molecule has 112 valence electrons. The van der Waals surface area contributed by atoms with Crippen LogP contribution >= 0.6 is 11.6 Å². The van der Waals surface area contributed by atoms with Crippen LogP contribution in [0.3, 0.4) is 0 Å². The highest BCUT2D eigenvalue weighted by molar-refractivity contribution is 6.18. The summed E-state index contributed by atoms with van der Waals surface area (Å²) in [6, 6.07) is 2.67. The number of anilines is 1. The van der Waals surface area contributed by atoms with Crippen molar-refractivity contribution in [3.8, 4) is 0 Å². The van der Waals surface area contributed by atoms with E-state index in [2.05, 4.69) is 0 Å². The molecule has 0 saturated carbocycles. The maximum atomic E-state index is 14.0. The summed E-state index contributed by atoms with van der Waals surface area (Å²) in [6.07, 6.45) is -0.746. The maximum absolute atomic E-state index is 14.0. The molecule has 2 rings (SSSR count). The lowest BCUT2D eigenvalue weighted by molar-refractivity contribution is -0.137. The summed E-state index contributed by atoms with van der Waals surface area (Å²) in [5.74, 6) is -0.489. The Morgan fingerprint density at radius 2 is 1.95 bits per heavy atom. The van der Waals surface area contributed by atoms with Gasteiger partial charge in [0.15, 0.2) is 0 Å². The Morgan fingerprint density at radius 3 is 2.55 bits per heavy atom. The molecule has 0 bridgehead atoms. The molecule has 1 aromatic rings. The maximum Gasteiger partial charge on any atom is 0.416 e. The summed E-state index contributed by atoms with van der Waals surface area (Å²) in [4.78, 5) is 1.80. The van der Waals surface area contributed by atoms with Gasteiger partial charge in [-0.15, -0.1) is 11.6 Å². The second-order valence-corrected chi connectivity index (χ2v) is 5.32. The van der Waals surface area contributed by atoms with E-state index in [4.69, 9.17) is 11.6 Å². The second-order valence-electron chi connectivity index (χ2n) is 5.01. The van der Waals surface area contributed by atoms with Crippen molar-refractivity contribution in [2.24, 2.45) is 0 Å². The Kier molecular flexibility index (Phi) is 4.78. The fourth-order valence-electron chi connectivity index (χ4n) is 2.57. The smallest absolute Gasteiger partial charge is 0.365 e. The van der Waals surface area contributed by atoms with Gasteiger partial charge in [0.05, 0.1) is 11.3 Å². The molecule has 1 fully saturated rings. The van der Waals surface area contributed by atoms with Crippen LogP contribution in [0.25, 0.3) is 0 Å². The van der Waals surface area contributed by atoms with Gasteiger partial charge < -0.3 is 4.90 Å². The van der Waals surface area contributed by atoms with Crippen molar-refractivity contribution in [1.82, 2.24) is 0 Å². The molecule has 1 aliphatic rings. The number of benzene rings is 1. The predicted octanol–water partition coefficient (Wildman–Crippen LogP) is 4.83. The highest BCUT2D eigenvalue weighted by Crippen LogP contribution is 2.34. The SMILES string of the molecule is Fc1cc(C(F)(F)F)ccc1N1CCCCCC1CCl. The van der Waals surface area contributed by atoms with Crippen LogP contribution in [0, 0.1) is 5.82 Å². The van der Waals surface area contributed by atoms with Gasteiger partial charge in [0.2, 0.25) is 0 Å². The topological polar surface area (TPSA) is 3.24 Å². The summed E-state index contributed by atoms with van der Waals surface area (Å²) >= 11 is 5.91. The van der Waals surface area contributed by atoms with Gasteiger partial charge >= 0.3 is 6.18 Å². The van der Waals surface area contributed by atoms with E-state index in [-0.39, 0.29) is 11.7 Å². The van der Waals surface area contributed by atoms with E-state index in [1.165, 1.54) is 6.07 Å². The molecule has 0 amide bonds. The molecule has 0 aliphatic carbocycles.